The lowest BCUT2D eigenvalue weighted by Crippen LogP contribution is -2.74. The Balaban J connectivity index is 1.57. The molecule has 2 aliphatic heterocycles. The average Bonchev–Trinajstić information content (AvgIpc) is 3.10. The van der Waals surface area contributed by atoms with Crippen molar-refractivity contribution in [2.75, 3.05) is 13.6 Å². The normalized spacial score (nSPS) is 32.8. The van der Waals surface area contributed by atoms with Gasteiger partial charge in [-0.3, -0.25) is 0 Å². The predicted molar refractivity (Wildman–Crippen MR) is 106 cm³/mol. The first kappa shape index (κ1) is 20.8. The highest BCUT2D eigenvalue weighted by atomic mass is 16.7. The van der Waals surface area contributed by atoms with Crippen molar-refractivity contribution in [3.8, 4) is 11.5 Å². The number of carbonyl (C=O) groups is 3. The van der Waals surface area contributed by atoms with Crippen LogP contribution in [0.3, 0.4) is 0 Å². The fourth-order valence-corrected chi connectivity index (χ4v) is 6.02. The summed E-state index contributed by atoms with van der Waals surface area (Å²) in [4.78, 5) is 36.5. The Morgan fingerprint density at radius 2 is 2.19 bits per heavy atom. The molecule has 5 atom stereocenters. The standard InChI is InChI=1S/C22H23NO9/c1-23-8-7-21-16-11-2-3-12(25)17(16)32-18(21)13(4-6-22(21,29)15(23)10-11)30-19(26)14(5-9-24)31-20(27)28/h2-4,9,14-15,18,25,29H,5-8,10H2,1H3,(H,27,28)/t14-,15-,18+,21+,22-/m1/s1. The number of esters is 1. The van der Waals surface area contributed by atoms with Gasteiger partial charge < -0.3 is 39.2 Å². The number of rotatable bonds is 5. The summed E-state index contributed by atoms with van der Waals surface area (Å²) >= 11 is 0. The molecule has 1 saturated heterocycles. The molecule has 4 aliphatic rings. The summed E-state index contributed by atoms with van der Waals surface area (Å²) in [5, 5.41) is 31.4. The molecule has 2 aliphatic carbocycles. The molecule has 2 bridgehead atoms. The summed E-state index contributed by atoms with van der Waals surface area (Å²) in [6.07, 6.45) is -1.50. The van der Waals surface area contributed by atoms with Crippen molar-refractivity contribution in [1.82, 2.24) is 4.90 Å². The van der Waals surface area contributed by atoms with Crippen LogP contribution in [0.25, 0.3) is 0 Å². The molecule has 2 heterocycles. The summed E-state index contributed by atoms with van der Waals surface area (Å²) in [5.74, 6) is -0.733. The van der Waals surface area contributed by atoms with Gasteiger partial charge in [0.2, 0.25) is 6.10 Å². The van der Waals surface area contributed by atoms with E-state index in [1.807, 2.05) is 13.1 Å². The Morgan fingerprint density at radius 1 is 1.41 bits per heavy atom. The molecule has 0 amide bonds. The summed E-state index contributed by atoms with van der Waals surface area (Å²) in [7, 11) is 1.96. The van der Waals surface area contributed by atoms with E-state index in [-0.39, 0.29) is 29.7 Å². The Bertz CT molecular complexity index is 1050. The van der Waals surface area contributed by atoms with Crippen molar-refractivity contribution in [2.45, 2.75) is 54.9 Å². The summed E-state index contributed by atoms with van der Waals surface area (Å²) in [5.41, 5.74) is -0.458. The lowest BCUT2D eigenvalue weighted by Gasteiger charge is -2.61. The molecule has 0 radical (unpaired) electrons. The fourth-order valence-electron chi connectivity index (χ4n) is 6.02. The number of likely N-dealkylation sites (tertiary alicyclic amines) is 1. The van der Waals surface area contributed by atoms with Gasteiger partial charge in [-0.25, -0.2) is 9.59 Å². The minimum absolute atomic E-state index is 0.0639. The molecule has 5 rings (SSSR count). The number of phenols is 1. The Labute approximate surface area is 183 Å². The van der Waals surface area contributed by atoms with Crippen molar-refractivity contribution in [2.24, 2.45) is 0 Å². The highest BCUT2D eigenvalue weighted by Crippen LogP contribution is 2.65. The molecule has 1 aromatic rings. The number of ether oxygens (including phenoxy) is 3. The minimum atomic E-state index is -1.70. The average molecular weight is 445 g/mol. The molecule has 0 saturated carbocycles. The van der Waals surface area contributed by atoms with Gasteiger partial charge in [0.1, 0.15) is 12.0 Å². The molecule has 3 N–H and O–H groups in total. The Kier molecular flexibility index (Phi) is 4.51. The number of aliphatic hydroxyl groups is 1. The van der Waals surface area contributed by atoms with Gasteiger partial charge in [0.05, 0.1) is 17.4 Å². The van der Waals surface area contributed by atoms with Gasteiger partial charge >= 0.3 is 12.1 Å². The third-order valence-electron chi connectivity index (χ3n) is 7.39. The topological polar surface area (TPSA) is 143 Å². The number of nitrogens with zero attached hydrogens (tertiary/aromatic N) is 1. The number of phenolic OH excluding ortho intramolecular Hbond substituents is 1. The maximum absolute atomic E-state index is 12.6. The first-order valence-corrected chi connectivity index (χ1v) is 10.4. The predicted octanol–water partition coefficient (Wildman–Crippen LogP) is 0.865. The van der Waals surface area contributed by atoms with Gasteiger partial charge in [-0.05, 0) is 44.1 Å². The third kappa shape index (κ3) is 2.56. The Hall–Kier alpha value is -3.11. The van der Waals surface area contributed by atoms with Gasteiger partial charge in [-0.1, -0.05) is 6.07 Å². The molecule has 0 unspecified atom stereocenters. The zero-order valence-electron chi connectivity index (χ0n) is 17.3. The molecule has 32 heavy (non-hydrogen) atoms. The van der Waals surface area contributed by atoms with Crippen LogP contribution in [0.4, 0.5) is 4.79 Å². The van der Waals surface area contributed by atoms with Crippen LogP contribution in [0, 0.1) is 0 Å². The van der Waals surface area contributed by atoms with Crippen LogP contribution in [-0.2, 0) is 30.9 Å². The second-order valence-electron chi connectivity index (χ2n) is 8.80. The molecule has 170 valence electrons. The third-order valence-corrected chi connectivity index (χ3v) is 7.39. The second kappa shape index (κ2) is 6.94. The van der Waals surface area contributed by atoms with E-state index in [0.29, 0.717) is 25.7 Å². The molecule has 1 spiro atoms. The van der Waals surface area contributed by atoms with Crippen LogP contribution in [0.5, 0.6) is 11.5 Å². The van der Waals surface area contributed by atoms with Gasteiger partial charge in [0, 0.05) is 18.0 Å². The number of aldehydes is 1. The maximum Gasteiger partial charge on any atom is 0.506 e. The van der Waals surface area contributed by atoms with E-state index in [1.54, 1.807) is 12.1 Å². The van der Waals surface area contributed by atoms with E-state index in [0.717, 1.165) is 11.1 Å². The lowest BCUT2D eigenvalue weighted by atomic mass is 9.50. The van der Waals surface area contributed by atoms with Gasteiger partial charge in [0.15, 0.2) is 17.6 Å². The lowest BCUT2D eigenvalue weighted by molar-refractivity contribution is -0.172. The monoisotopic (exact) mass is 445 g/mol. The summed E-state index contributed by atoms with van der Waals surface area (Å²) < 4.78 is 16.1. The number of likely N-dealkylation sites (N-methyl/N-ethyl adjacent to an activating group) is 1. The highest BCUT2D eigenvalue weighted by Gasteiger charge is 2.72. The van der Waals surface area contributed by atoms with Crippen molar-refractivity contribution in [3.63, 3.8) is 0 Å². The maximum atomic E-state index is 12.6. The van der Waals surface area contributed by atoms with Crippen molar-refractivity contribution in [1.29, 1.82) is 0 Å². The fraction of sp³-hybridized carbons (Fsp3) is 0.500. The molecular formula is C22H23NO9. The van der Waals surface area contributed by atoms with Gasteiger partial charge in [0.25, 0.3) is 0 Å². The van der Waals surface area contributed by atoms with E-state index < -0.39 is 41.8 Å². The number of carbonyl (C=O) groups excluding carboxylic acids is 2. The van der Waals surface area contributed by atoms with E-state index in [4.69, 9.17) is 14.6 Å². The van der Waals surface area contributed by atoms with Crippen LogP contribution in [0.2, 0.25) is 0 Å². The largest absolute Gasteiger partial charge is 0.506 e. The van der Waals surface area contributed by atoms with Crippen LogP contribution in [0.15, 0.2) is 24.0 Å². The molecule has 0 aromatic heterocycles. The SMILES string of the molecule is CN1CC[C@]23c4c5ccc(O)c4O[C@H]2C(OC(=O)[C@@H](CC=O)OC(=O)O)=CC[C@@]3(O)[C@H]1C5. The molecule has 1 fully saturated rings. The van der Waals surface area contributed by atoms with Crippen molar-refractivity contribution >= 4 is 18.4 Å². The smallest absolute Gasteiger partial charge is 0.504 e. The zero-order chi connectivity index (χ0) is 22.8. The number of hydrogen-bond donors (Lipinski definition) is 3. The highest BCUT2D eigenvalue weighted by molar-refractivity contribution is 5.81. The molecule has 10 heteroatoms. The Morgan fingerprint density at radius 3 is 2.91 bits per heavy atom. The number of piperidine rings is 1. The van der Waals surface area contributed by atoms with Crippen LogP contribution in [-0.4, -0.2) is 76.1 Å². The van der Waals surface area contributed by atoms with E-state index in [9.17, 15) is 24.6 Å². The van der Waals surface area contributed by atoms with E-state index >= 15 is 0 Å². The molecular weight excluding hydrogens is 422 g/mol. The first-order chi connectivity index (χ1) is 15.2. The van der Waals surface area contributed by atoms with Crippen molar-refractivity contribution in [3.05, 3.63) is 35.1 Å². The minimum Gasteiger partial charge on any atom is -0.504 e. The number of aromatic hydroxyl groups is 1. The summed E-state index contributed by atoms with van der Waals surface area (Å²) in [6, 6.07) is 3.19. The number of benzene rings is 1. The summed E-state index contributed by atoms with van der Waals surface area (Å²) in [6.45, 7) is 0.665. The number of carboxylic acid groups (broad SMARTS) is 1. The van der Waals surface area contributed by atoms with Crippen LogP contribution in [0.1, 0.15) is 30.4 Å². The first-order valence-electron chi connectivity index (χ1n) is 10.4. The second-order valence-corrected chi connectivity index (χ2v) is 8.80. The quantitative estimate of drug-likeness (QED) is 0.441. The van der Waals surface area contributed by atoms with Crippen LogP contribution < -0.4 is 4.74 Å². The zero-order valence-corrected chi connectivity index (χ0v) is 17.3. The molecule has 1 aromatic carbocycles. The van der Waals surface area contributed by atoms with Crippen molar-refractivity contribution < 1.29 is 43.9 Å². The van der Waals surface area contributed by atoms with Gasteiger partial charge in [-0.2, -0.15) is 0 Å². The van der Waals surface area contributed by atoms with E-state index in [1.165, 1.54) is 0 Å². The van der Waals surface area contributed by atoms with E-state index in [2.05, 4.69) is 9.64 Å². The van der Waals surface area contributed by atoms with Crippen LogP contribution >= 0.6 is 0 Å². The van der Waals surface area contributed by atoms with Gasteiger partial charge in [-0.15, -0.1) is 0 Å². The number of hydrogen-bond acceptors (Lipinski definition) is 9. The molecule has 10 nitrogen and oxygen atoms in total.